The first-order valence-corrected chi connectivity index (χ1v) is 8.45. The number of urea groups is 1. The molecule has 1 aromatic carbocycles. The van der Waals surface area contributed by atoms with Crippen molar-refractivity contribution >= 4 is 29.2 Å². The van der Waals surface area contributed by atoms with E-state index in [1.165, 1.54) is 0 Å². The van der Waals surface area contributed by atoms with Crippen molar-refractivity contribution in [3.8, 4) is 0 Å². The number of nitrogens with one attached hydrogen (secondary N) is 1. The van der Waals surface area contributed by atoms with Crippen molar-refractivity contribution in [3.05, 3.63) is 23.3 Å². The van der Waals surface area contributed by atoms with Crippen molar-refractivity contribution in [1.29, 1.82) is 0 Å². The molecule has 2 amide bonds. The third-order valence-electron chi connectivity index (χ3n) is 4.04. The molecule has 1 aromatic rings. The largest absolute Gasteiger partial charge is 0.378 e. The second kappa shape index (κ2) is 6.60. The first kappa shape index (κ1) is 16.0. The number of thioether (sulfide) groups is 1. The van der Waals surface area contributed by atoms with Crippen LogP contribution >= 0.6 is 11.8 Å². The van der Waals surface area contributed by atoms with Gasteiger partial charge in [-0.2, -0.15) is 11.8 Å². The number of carbonyl (C=O) groups is 1. The molecule has 1 atom stereocenters. The van der Waals surface area contributed by atoms with Crippen molar-refractivity contribution in [1.82, 2.24) is 4.90 Å². The highest BCUT2D eigenvalue weighted by Gasteiger charge is 2.24. The summed E-state index contributed by atoms with van der Waals surface area (Å²) in [7, 11) is 5.95. The molecular formula is C16H25N3OS. The standard InChI is InChI=1S/C16H25N3OS/c1-11-8-14(18(3)4)9-12(2)15(11)17-16(20)19(5)13-6-7-21-10-13/h8-9,13H,6-7,10H2,1-5H3,(H,17,20). The summed E-state index contributed by atoms with van der Waals surface area (Å²) in [5, 5.41) is 3.08. The smallest absolute Gasteiger partial charge is 0.321 e. The summed E-state index contributed by atoms with van der Waals surface area (Å²) in [6.07, 6.45) is 1.09. The molecule has 21 heavy (non-hydrogen) atoms. The molecule has 0 aliphatic carbocycles. The van der Waals surface area contributed by atoms with E-state index >= 15 is 0 Å². The Labute approximate surface area is 131 Å². The Hall–Kier alpha value is -1.36. The van der Waals surface area contributed by atoms with Crippen molar-refractivity contribution in [2.24, 2.45) is 0 Å². The third kappa shape index (κ3) is 3.64. The molecule has 1 saturated heterocycles. The molecular weight excluding hydrogens is 282 g/mol. The van der Waals surface area contributed by atoms with Gasteiger partial charge in [-0.25, -0.2) is 4.79 Å². The van der Waals surface area contributed by atoms with Crippen LogP contribution in [0, 0.1) is 13.8 Å². The van der Waals surface area contributed by atoms with E-state index < -0.39 is 0 Å². The minimum atomic E-state index is -0.00805. The summed E-state index contributed by atoms with van der Waals surface area (Å²) in [6.45, 7) is 4.09. The SMILES string of the molecule is Cc1cc(N(C)C)cc(C)c1NC(=O)N(C)C1CCSC1. The maximum Gasteiger partial charge on any atom is 0.321 e. The van der Waals surface area contributed by atoms with Crippen LogP contribution in [0.25, 0.3) is 0 Å². The summed E-state index contributed by atoms with van der Waals surface area (Å²) in [4.78, 5) is 16.3. The van der Waals surface area contributed by atoms with E-state index in [-0.39, 0.29) is 6.03 Å². The highest BCUT2D eigenvalue weighted by atomic mass is 32.2. The lowest BCUT2D eigenvalue weighted by Gasteiger charge is -2.25. The second-order valence-corrected chi connectivity index (χ2v) is 7.06. The number of hydrogen-bond donors (Lipinski definition) is 1. The van der Waals surface area contributed by atoms with Crippen LogP contribution in [-0.4, -0.2) is 49.6 Å². The molecule has 1 unspecified atom stereocenters. The molecule has 0 radical (unpaired) electrons. The predicted octanol–water partition coefficient (Wildman–Crippen LogP) is 3.34. The topological polar surface area (TPSA) is 35.6 Å². The summed E-state index contributed by atoms with van der Waals surface area (Å²) in [6, 6.07) is 4.56. The van der Waals surface area contributed by atoms with Gasteiger partial charge in [0.25, 0.3) is 0 Å². The molecule has 0 saturated carbocycles. The second-order valence-electron chi connectivity index (χ2n) is 5.91. The van der Waals surface area contributed by atoms with Gasteiger partial charge in [-0.3, -0.25) is 0 Å². The van der Waals surface area contributed by atoms with E-state index in [1.807, 2.05) is 51.7 Å². The quantitative estimate of drug-likeness (QED) is 0.930. The Kier molecular flexibility index (Phi) is 5.04. The Balaban J connectivity index is 2.13. The molecule has 0 aromatic heterocycles. The minimum Gasteiger partial charge on any atom is -0.378 e. The molecule has 1 aliphatic rings. The zero-order chi connectivity index (χ0) is 15.6. The van der Waals surface area contributed by atoms with Gasteiger partial charge in [0.1, 0.15) is 0 Å². The van der Waals surface area contributed by atoms with Gasteiger partial charge in [0.05, 0.1) is 0 Å². The van der Waals surface area contributed by atoms with Crippen LogP contribution in [0.3, 0.4) is 0 Å². The average molecular weight is 307 g/mol. The van der Waals surface area contributed by atoms with E-state index in [2.05, 4.69) is 22.3 Å². The lowest BCUT2D eigenvalue weighted by molar-refractivity contribution is 0.209. The van der Waals surface area contributed by atoms with Crippen molar-refractivity contribution in [2.45, 2.75) is 26.3 Å². The molecule has 1 N–H and O–H groups in total. The Morgan fingerprint density at radius 1 is 1.24 bits per heavy atom. The summed E-state index contributed by atoms with van der Waals surface area (Å²) < 4.78 is 0. The first-order chi connectivity index (χ1) is 9.90. The van der Waals surface area contributed by atoms with Crippen molar-refractivity contribution < 1.29 is 4.79 Å². The zero-order valence-corrected chi connectivity index (χ0v) is 14.4. The number of rotatable bonds is 3. The van der Waals surface area contributed by atoms with Crippen LogP contribution in [0.4, 0.5) is 16.2 Å². The number of nitrogens with zero attached hydrogens (tertiary/aromatic N) is 2. The fourth-order valence-electron chi connectivity index (χ4n) is 2.58. The molecule has 1 heterocycles. The van der Waals surface area contributed by atoms with E-state index in [0.29, 0.717) is 6.04 Å². The van der Waals surface area contributed by atoms with Crippen LogP contribution in [0.5, 0.6) is 0 Å². The van der Waals surface area contributed by atoms with E-state index in [9.17, 15) is 4.79 Å². The fourth-order valence-corrected chi connectivity index (χ4v) is 3.85. The number of benzene rings is 1. The zero-order valence-electron chi connectivity index (χ0n) is 13.6. The molecule has 1 fully saturated rings. The lowest BCUT2D eigenvalue weighted by atomic mass is 10.1. The van der Waals surface area contributed by atoms with E-state index in [4.69, 9.17) is 0 Å². The minimum absolute atomic E-state index is 0.00805. The van der Waals surface area contributed by atoms with Crippen molar-refractivity contribution in [3.63, 3.8) is 0 Å². The summed E-state index contributed by atoms with van der Waals surface area (Å²) in [5.74, 6) is 2.19. The first-order valence-electron chi connectivity index (χ1n) is 7.30. The highest BCUT2D eigenvalue weighted by Crippen LogP contribution is 2.27. The monoisotopic (exact) mass is 307 g/mol. The number of carbonyl (C=O) groups excluding carboxylic acids is 1. The van der Waals surface area contributed by atoms with Gasteiger partial charge in [-0.05, 0) is 49.3 Å². The maximum absolute atomic E-state index is 12.4. The molecule has 2 rings (SSSR count). The van der Waals surface area contributed by atoms with Crippen LogP contribution in [0.2, 0.25) is 0 Å². The third-order valence-corrected chi connectivity index (χ3v) is 5.18. The normalized spacial score (nSPS) is 17.7. The van der Waals surface area contributed by atoms with Crippen LogP contribution in [-0.2, 0) is 0 Å². The van der Waals surface area contributed by atoms with Gasteiger partial charge in [-0.1, -0.05) is 0 Å². The average Bonchev–Trinajstić information content (AvgIpc) is 2.95. The molecule has 1 aliphatic heterocycles. The molecule has 116 valence electrons. The van der Waals surface area contributed by atoms with Gasteiger partial charge in [0.2, 0.25) is 0 Å². The Bertz CT molecular complexity index is 501. The molecule has 5 heteroatoms. The van der Waals surface area contributed by atoms with Crippen LogP contribution < -0.4 is 10.2 Å². The number of anilines is 2. The Morgan fingerprint density at radius 2 is 1.86 bits per heavy atom. The van der Waals surface area contributed by atoms with Crippen molar-refractivity contribution in [2.75, 3.05) is 42.9 Å². The van der Waals surface area contributed by atoms with Gasteiger partial charge in [-0.15, -0.1) is 0 Å². The Morgan fingerprint density at radius 3 is 2.33 bits per heavy atom. The number of aryl methyl sites for hydroxylation is 2. The summed E-state index contributed by atoms with van der Waals surface area (Å²) in [5.41, 5.74) is 4.29. The summed E-state index contributed by atoms with van der Waals surface area (Å²) >= 11 is 1.92. The fraction of sp³-hybridized carbons (Fsp3) is 0.562. The molecule has 0 spiro atoms. The van der Waals surface area contributed by atoms with Gasteiger partial charge in [0, 0.05) is 44.3 Å². The number of amides is 2. The van der Waals surface area contributed by atoms with Gasteiger partial charge in [0.15, 0.2) is 0 Å². The predicted molar refractivity (Wildman–Crippen MR) is 92.8 cm³/mol. The van der Waals surface area contributed by atoms with Gasteiger partial charge < -0.3 is 15.1 Å². The highest BCUT2D eigenvalue weighted by molar-refractivity contribution is 7.99. The molecule has 0 bridgehead atoms. The molecule has 4 nitrogen and oxygen atoms in total. The lowest BCUT2D eigenvalue weighted by Crippen LogP contribution is -2.40. The number of hydrogen-bond acceptors (Lipinski definition) is 3. The van der Waals surface area contributed by atoms with Gasteiger partial charge >= 0.3 is 6.03 Å². The maximum atomic E-state index is 12.4. The van der Waals surface area contributed by atoms with E-state index in [0.717, 1.165) is 40.4 Å². The van der Waals surface area contributed by atoms with Crippen LogP contribution in [0.15, 0.2) is 12.1 Å². The van der Waals surface area contributed by atoms with Crippen LogP contribution in [0.1, 0.15) is 17.5 Å². The van der Waals surface area contributed by atoms with E-state index in [1.54, 1.807) is 0 Å².